The van der Waals surface area contributed by atoms with Gasteiger partial charge < -0.3 is 10.7 Å². The Labute approximate surface area is 76.4 Å². The number of nitrogen functional groups attached to an aromatic ring is 1. The first-order chi connectivity index (χ1) is 6.34. The lowest BCUT2D eigenvalue weighted by Gasteiger charge is -1.98. The standard InChI is InChI=1S/C9H12N4/c10-9-6-12-13(7-9)4-2-8-1-3-11-5-8/h1,3,5-7,11H,2,4,10H2. The highest BCUT2D eigenvalue weighted by molar-refractivity contribution is 5.30. The van der Waals surface area contributed by atoms with Crippen molar-refractivity contribution in [3.63, 3.8) is 0 Å². The Morgan fingerprint density at radius 3 is 3.08 bits per heavy atom. The topological polar surface area (TPSA) is 59.6 Å². The van der Waals surface area contributed by atoms with Crippen molar-refractivity contribution in [2.75, 3.05) is 5.73 Å². The number of aryl methyl sites for hydroxylation is 2. The average molecular weight is 176 g/mol. The lowest BCUT2D eigenvalue weighted by Crippen LogP contribution is -2.00. The Balaban J connectivity index is 1.93. The number of aromatic nitrogens is 3. The molecule has 4 nitrogen and oxygen atoms in total. The molecule has 0 aliphatic carbocycles. The number of hydrogen-bond acceptors (Lipinski definition) is 2. The fourth-order valence-electron chi connectivity index (χ4n) is 1.26. The number of nitrogens with two attached hydrogens (primary N) is 1. The van der Waals surface area contributed by atoms with E-state index in [4.69, 9.17) is 5.73 Å². The molecule has 0 bridgehead atoms. The molecule has 0 fully saturated rings. The van der Waals surface area contributed by atoms with Gasteiger partial charge in [-0.25, -0.2) is 0 Å². The molecule has 0 saturated carbocycles. The summed E-state index contributed by atoms with van der Waals surface area (Å²) in [5.74, 6) is 0. The molecule has 2 aromatic rings. The van der Waals surface area contributed by atoms with E-state index in [1.165, 1.54) is 5.56 Å². The molecule has 0 radical (unpaired) electrons. The maximum atomic E-state index is 5.54. The minimum atomic E-state index is 0.717. The minimum absolute atomic E-state index is 0.717. The van der Waals surface area contributed by atoms with Crippen LogP contribution in [0.1, 0.15) is 5.56 Å². The second-order valence-corrected chi connectivity index (χ2v) is 3.01. The van der Waals surface area contributed by atoms with Crippen LogP contribution < -0.4 is 5.73 Å². The normalized spacial score (nSPS) is 10.5. The van der Waals surface area contributed by atoms with Gasteiger partial charge in [-0.2, -0.15) is 5.10 Å². The summed E-state index contributed by atoms with van der Waals surface area (Å²) in [6, 6.07) is 2.06. The zero-order valence-corrected chi connectivity index (χ0v) is 7.27. The fourth-order valence-corrected chi connectivity index (χ4v) is 1.26. The molecule has 0 spiro atoms. The van der Waals surface area contributed by atoms with E-state index in [1.54, 1.807) is 6.20 Å². The first-order valence-electron chi connectivity index (χ1n) is 4.24. The number of rotatable bonds is 3. The molecule has 0 aliphatic rings. The Morgan fingerprint density at radius 2 is 2.46 bits per heavy atom. The first-order valence-corrected chi connectivity index (χ1v) is 4.24. The molecule has 13 heavy (non-hydrogen) atoms. The van der Waals surface area contributed by atoms with E-state index in [0.717, 1.165) is 13.0 Å². The lowest BCUT2D eigenvalue weighted by molar-refractivity contribution is 0.615. The van der Waals surface area contributed by atoms with Crippen LogP contribution >= 0.6 is 0 Å². The first kappa shape index (κ1) is 7.91. The molecule has 0 atom stereocenters. The smallest absolute Gasteiger partial charge is 0.0719 e. The summed E-state index contributed by atoms with van der Waals surface area (Å²) in [6.45, 7) is 0.870. The maximum Gasteiger partial charge on any atom is 0.0719 e. The summed E-state index contributed by atoms with van der Waals surface area (Å²) >= 11 is 0. The van der Waals surface area contributed by atoms with Gasteiger partial charge in [-0.05, 0) is 18.1 Å². The zero-order chi connectivity index (χ0) is 9.10. The second-order valence-electron chi connectivity index (χ2n) is 3.01. The van der Waals surface area contributed by atoms with Crippen molar-refractivity contribution in [3.8, 4) is 0 Å². The number of aromatic amines is 1. The van der Waals surface area contributed by atoms with Crippen LogP contribution in [0.4, 0.5) is 5.69 Å². The summed E-state index contributed by atoms with van der Waals surface area (Å²) in [5.41, 5.74) is 7.54. The highest BCUT2D eigenvalue weighted by Gasteiger charge is 1.96. The van der Waals surface area contributed by atoms with Crippen molar-refractivity contribution >= 4 is 5.69 Å². The molecule has 2 rings (SSSR count). The SMILES string of the molecule is Nc1cnn(CCc2cc[nH]c2)c1. The van der Waals surface area contributed by atoms with E-state index in [1.807, 2.05) is 23.3 Å². The average Bonchev–Trinajstić information content (AvgIpc) is 2.71. The van der Waals surface area contributed by atoms with Crippen molar-refractivity contribution in [1.29, 1.82) is 0 Å². The van der Waals surface area contributed by atoms with Crippen LogP contribution in [-0.4, -0.2) is 14.8 Å². The van der Waals surface area contributed by atoms with Crippen molar-refractivity contribution < 1.29 is 0 Å². The van der Waals surface area contributed by atoms with E-state index < -0.39 is 0 Å². The van der Waals surface area contributed by atoms with E-state index in [2.05, 4.69) is 16.1 Å². The van der Waals surface area contributed by atoms with Crippen molar-refractivity contribution in [3.05, 3.63) is 36.4 Å². The maximum absolute atomic E-state index is 5.54. The monoisotopic (exact) mass is 176 g/mol. The van der Waals surface area contributed by atoms with Gasteiger partial charge in [0.1, 0.15) is 0 Å². The quantitative estimate of drug-likeness (QED) is 0.734. The van der Waals surface area contributed by atoms with Crippen molar-refractivity contribution in [2.45, 2.75) is 13.0 Å². The predicted molar refractivity (Wildman–Crippen MR) is 51.1 cm³/mol. The largest absolute Gasteiger partial charge is 0.396 e. The minimum Gasteiger partial charge on any atom is -0.396 e. The number of H-pyrrole nitrogens is 1. The third-order valence-electron chi connectivity index (χ3n) is 1.95. The lowest BCUT2D eigenvalue weighted by atomic mass is 10.2. The van der Waals surface area contributed by atoms with Crippen molar-refractivity contribution in [2.24, 2.45) is 0 Å². The summed E-state index contributed by atoms with van der Waals surface area (Å²) in [7, 11) is 0. The van der Waals surface area contributed by atoms with Gasteiger partial charge in [-0.15, -0.1) is 0 Å². The Kier molecular flexibility index (Phi) is 2.04. The molecule has 0 amide bonds. The van der Waals surface area contributed by atoms with Gasteiger partial charge in [-0.1, -0.05) is 0 Å². The van der Waals surface area contributed by atoms with Gasteiger partial charge in [-0.3, -0.25) is 4.68 Å². The Hall–Kier alpha value is -1.71. The van der Waals surface area contributed by atoms with E-state index >= 15 is 0 Å². The highest BCUT2D eigenvalue weighted by Crippen LogP contribution is 2.02. The predicted octanol–water partition coefficient (Wildman–Crippen LogP) is 1.04. The third kappa shape index (κ3) is 1.90. The van der Waals surface area contributed by atoms with Crippen LogP contribution in [-0.2, 0) is 13.0 Å². The molecule has 0 aliphatic heterocycles. The van der Waals surface area contributed by atoms with Crippen molar-refractivity contribution in [1.82, 2.24) is 14.8 Å². The fraction of sp³-hybridized carbons (Fsp3) is 0.222. The summed E-state index contributed by atoms with van der Waals surface area (Å²) in [6.07, 6.45) is 8.40. The van der Waals surface area contributed by atoms with Gasteiger partial charge in [0.05, 0.1) is 11.9 Å². The second kappa shape index (κ2) is 3.35. The number of nitrogens with one attached hydrogen (secondary N) is 1. The van der Waals surface area contributed by atoms with Gasteiger partial charge in [0.25, 0.3) is 0 Å². The molecule has 68 valence electrons. The number of anilines is 1. The van der Waals surface area contributed by atoms with Crippen LogP contribution in [0.3, 0.4) is 0 Å². The molecule has 3 N–H and O–H groups in total. The van der Waals surface area contributed by atoms with Gasteiger partial charge in [0.15, 0.2) is 0 Å². The Morgan fingerprint density at radius 1 is 1.54 bits per heavy atom. The molecule has 2 aromatic heterocycles. The number of hydrogen-bond donors (Lipinski definition) is 2. The molecule has 0 unspecified atom stereocenters. The molecule has 0 saturated heterocycles. The van der Waals surface area contributed by atoms with E-state index in [-0.39, 0.29) is 0 Å². The van der Waals surface area contributed by atoms with E-state index in [0.29, 0.717) is 5.69 Å². The zero-order valence-electron chi connectivity index (χ0n) is 7.27. The summed E-state index contributed by atoms with van der Waals surface area (Å²) < 4.78 is 1.85. The number of nitrogens with zero attached hydrogens (tertiary/aromatic N) is 2. The van der Waals surface area contributed by atoms with Crippen LogP contribution in [0.2, 0.25) is 0 Å². The molecule has 2 heterocycles. The summed E-state index contributed by atoms with van der Waals surface area (Å²) in [4.78, 5) is 3.02. The van der Waals surface area contributed by atoms with Crippen LogP contribution in [0.15, 0.2) is 30.9 Å². The van der Waals surface area contributed by atoms with Gasteiger partial charge >= 0.3 is 0 Å². The third-order valence-corrected chi connectivity index (χ3v) is 1.95. The highest BCUT2D eigenvalue weighted by atomic mass is 15.3. The Bertz CT molecular complexity index is 361. The molecular formula is C9H12N4. The van der Waals surface area contributed by atoms with Crippen LogP contribution in [0, 0.1) is 0 Å². The summed E-state index contributed by atoms with van der Waals surface area (Å²) in [5, 5.41) is 4.10. The van der Waals surface area contributed by atoms with Crippen LogP contribution in [0.5, 0.6) is 0 Å². The molecular weight excluding hydrogens is 164 g/mol. The van der Waals surface area contributed by atoms with Gasteiger partial charge in [0.2, 0.25) is 0 Å². The molecule has 4 heteroatoms. The van der Waals surface area contributed by atoms with Crippen LogP contribution in [0.25, 0.3) is 0 Å². The van der Waals surface area contributed by atoms with E-state index in [9.17, 15) is 0 Å². The van der Waals surface area contributed by atoms with Gasteiger partial charge in [0, 0.05) is 25.1 Å². The molecule has 0 aromatic carbocycles.